The number of rotatable bonds is 7. The molecule has 0 unspecified atom stereocenters. The molecule has 1 N–H and O–H groups in total. The lowest BCUT2D eigenvalue weighted by atomic mass is 9.97. The Morgan fingerprint density at radius 3 is 2.52 bits per heavy atom. The summed E-state index contributed by atoms with van der Waals surface area (Å²) in [6.45, 7) is 2.11. The minimum Gasteiger partial charge on any atom is -0.354 e. The number of halogens is 1. The zero-order chi connectivity index (χ0) is 18.4. The van der Waals surface area contributed by atoms with Crippen molar-refractivity contribution >= 4 is 33.2 Å². The van der Waals surface area contributed by atoms with Crippen molar-refractivity contribution in [3.63, 3.8) is 0 Å². The highest BCUT2D eigenvalue weighted by Crippen LogP contribution is 2.23. The lowest BCUT2D eigenvalue weighted by molar-refractivity contribution is -0.121. The molecule has 138 valence electrons. The summed E-state index contributed by atoms with van der Waals surface area (Å²) < 4.78 is 25.5. The van der Waals surface area contributed by atoms with Crippen molar-refractivity contribution in [2.45, 2.75) is 45.1 Å². The molecule has 0 heterocycles. The summed E-state index contributed by atoms with van der Waals surface area (Å²) in [4.78, 5) is 12.5. The SMILES string of the molecule is C[C@H](C(=O)NCCC1=CCCCC1)N(c1ccc(Cl)cc1)S(C)(=O)=O. The Morgan fingerprint density at radius 2 is 1.96 bits per heavy atom. The van der Waals surface area contributed by atoms with E-state index in [0.717, 1.165) is 29.8 Å². The van der Waals surface area contributed by atoms with Gasteiger partial charge in [0.05, 0.1) is 11.9 Å². The number of benzene rings is 1. The van der Waals surface area contributed by atoms with Gasteiger partial charge < -0.3 is 5.32 Å². The summed E-state index contributed by atoms with van der Waals surface area (Å²) in [6.07, 6.45) is 8.79. The number of carbonyl (C=O) groups excluding carboxylic acids is 1. The smallest absolute Gasteiger partial charge is 0.243 e. The Kier molecular flexibility index (Phi) is 6.90. The van der Waals surface area contributed by atoms with E-state index in [1.165, 1.54) is 18.4 Å². The molecule has 25 heavy (non-hydrogen) atoms. The third-order valence-electron chi connectivity index (χ3n) is 4.30. The molecule has 2 rings (SSSR count). The molecule has 1 aliphatic carbocycles. The van der Waals surface area contributed by atoms with E-state index in [-0.39, 0.29) is 5.91 Å². The summed E-state index contributed by atoms with van der Waals surface area (Å²) in [5.41, 5.74) is 1.79. The number of anilines is 1. The van der Waals surface area contributed by atoms with Crippen LogP contribution in [0, 0.1) is 0 Å². The Bertz CT molecular complexity index is 729. The highest BCUT2D eigenvalue weighted by molar-refractivity contribution is 7.92. The second-order valence-electron chi connectivity index (χ2n) is 6.36. The van der Waals surface area contributed by atoms with Gasteiger partial charge in [-0.05, 0) is 63.3 Å². The molecule has 0 radical (unpaired) electrons. The minimum atomic E-state index is -3.60. The number of sulfonamides is 1. The van der Waals surface area contributed by atoms with E-state index < -0.39 is 16.1 Å². The zero-order valence-electron chi connectivity index (χ0n) is 14.7. The van der Waals surface area contributed by atoms with Crippen molar-refractivity contribution in [2.24, 2.45) is 0 Å². The van der Waals surface area contributed by atoms with Gasteiger partial charge in [0.15, 0.2) is 0 Å². The van der Waals surface area contributed by atoms with E-state index in [2.05, 4.69) is 11.4 Å². The van der Waals surface area contributed by atoms with Crippen LogP contribution in [-0.4, -0.2) is 33.2 Å². The van der Waals surface area contributed by atoms with Crippen molar-refractivity contribution in [3.05, 3.63) is 40.9 Å². The van der Waals surface area contributed by atoms with E-state index in [1.807, 2.05) is 0 Å². The molecule has 0 aliphatic heterocycles. The summed E-state index contributed by atoms with van der Waals surface area (Å²) >= 11 is 5.86. The Morgan fingerprint density at radius 1 is 1.28 bits per heavy atom. The Labute approximate surface area is 155 Å². The number of carbonyl (C=O) groups is 1. The number of hydrogen-bond acceptors (Lipinski definition) is 3. The molecule has 0 spiro atoms. The fourth-order valence-corrected chi connectivity index (χ4v) is 4.32. The third kappa shape index (κ3) is 5.75. The lowest BCUT2D eigenvalue weighted by Gasteiger charge is -2.28. The Hall–Kier alpha value is -1.53. The summed E-state index contributed by atoms with van der Waals surface area (Å²) in [7, 11) is -3.60. The van der Waals surface area contributed by atoms with Crippen LogP contribution in [0.1, 0.15) is 39.0 Å². The standard InChI is InChI=1S/C18H25ClN2O3S/c1-14(18(22)20-13-12-15-6-4-3-5-7-15)21(25(2,23)24)17-10-8-16(19)9-11-17/h6,8-11,14H,3-5,7,12-13H2,1-2H3,(H,20,22)/t14-/m1/s1. The van der Waals surface area contributed by atoms with Crippen LogP contribution in [0.15, 0.2) is 35.9 Å². The van der Waals surface area contributed by atoms with Gasteiger partial charge in [-0.25, -0.2) is 8.42 Å². The second kappa shape index (κ2) is 8.72. The molecule has 0 fully saturated rings. The number of nitrogens with zero attached hydrogens (tertiary/aromatic N) is 1. The largest absolute Gasteiger partial charge is 0.354 e. The molecular formula is C18H25ClN2O3S. The Balaban J connectivity index is 2.02. The molecule has 0 bridgehead atoms. The molecule has 1 amide bonds. The third-order valence-corrected chi connectivity index (χ3v) is 5.79. The first-order chi connectivity index (χ1) is 11.8. The summed E-state index contributed by atoms with van der Waals surface area (Å²) in [5.74, 6) is -0.309. The van der Waals surface area contributed by atoms with Crippen LogP contribution in [0.5, 0.6) is 0 Å². The van der Waals surface area contributed by atoms with Crippen molar-refractivity contribution in [3.8, 4) is 0 Å². The van der Waals surface area contributed by atoms with E-state index >= 15 is 0 Å². The van der Waals surface area contributed by atoms with E-state index in [9.17, 15) is 13.2 Å². The molecule has 1 aliphatic rings. The van der Waals surface area contributed by atoms with Crippen LogP contribution in [0.4, 0.5) is 5.69 Å². The topological polar surface area (TPSA) is 66.5 Å². The first-order valence-corrected chi connectivity index (χ1v) is 10.7. The van der Waals surface area contributed by atoms with Crippen LogP contribution in [0.25, 0.3) is 0 Å². The van der Waals surface area contributed by atoms with Crippen LogP contribution in [-0.2, 0) is 14.8 Å². The zero-order valence-corrected chi connectivity index (χ0v) is 16.2. The highest BCUT2D eigenvalue weighted by Gasteiger charge is 2.28. The molecule has 1 atom stereocenters. The van der Waals surface area contributed by atoms with Crippen molar-refractivity contribution < 1.29 is 13.2 Å². The fraction of sp³-hybridized carbons (Fsp3) is 0.500. The van der Waals surface area contributed by atoms with Crippen LogP contribution >= 0.6 is 11.6 Å². The van der Waals surface area contributed by atoms with Gasteiger partial charge in [-0.3, -0.25) is 9.10 Å². The van der Waals surface area contributed by atoms with Crippen molar-refractivity contribution in [1.29, 1.82) is 0 Å². The maximum Gasteiger partial charge on any atom is 0.243 e. The number of amides is 1. The highest BCUT2D eigenvalue weighted by atomic mass is 35.5. The summed E-state index contributed by atoms with van der Waals surface area (Å²) in [6, 6.07) is 5.57. The predicted molar refractivity (Wildman–Crippen MR) is 102 cm³/mol. The number of nitrogens with one attached hydrogen (secondary N) is 1. The first kappa shape index (κ1) is 19.8. The van der Waals surface area contributed by atoms with E-state index in [4.69, 9.17) is 11.6 Å². The second-order valence-corrected chi connectivity index (χ2v) is 8.66. The van der Waals surface area contributed by atoms with Gasteiger partial charge in [-0.1, -0.05) is 23.3 Å². The van der Waals surface area contributed by atoms with E-state index in [0.29, 0.717) is 17.3 Å². The molecular weight excluding hydrogens is 360 g/mol. The molecule has 0 saturated heterocycles. The van der Waals surface area contributed by atoms with Gasteiger partial charge in [-0.15, -0.1) is 0 Å². The maximum absolute atomic E-state index is 12.5. The summed E-state index contributed by atoms with van der Waals surface area (Å²) in [5, 5.41) is 3.36. The lowest BCUT2D eigenvalue weighted by Crippen LogP contribution is -2.48. The predicted octanol–water partition coefficient (Wildman–Crippen LogP) is 3.50. The molecule has 5 nitrogen and oxygen atoms in total. The van der Waals surface area contributed by atoms with Gasteiger partial charge in [-0.2, -0.15) is 0 Å². The normalized spacial score (nSPS) is 16.0. The van der Waals surface area contributed by atoms with Crippen LogP contribution in [0.2, 0.25) is 5.02 Å². The van der Waals surface area contributed by atoms with Gasteiger partial charge in [0.25, 0.3) is 0 Å². The van der Waals surface area contributed by atoms with E-state index in [1.54, 1.807) is 31.2 Å². The van der Waals surface area contributed by atoms with Crippen LogP contribution in [0.3, 0.4) is 0 Å². The molecule has 7 heteroatoms. The molecule has 1 aromatic rings. The minimum absolute atomic E-state index is 0.309. The molecule has 0 aromatic heterocycles. The maximum atomic E-state index is 12.5. The quantitative estimate of drug-likeness (QED) is 0.731. The number of hydrogen-bond donors (Lipinski definition) is 1. The number of allylic oxidation sites excluding steroid dienone is 1. The monoisotopic (exact) mass is 384 g/mol. The molecule has 1 aromatic carbocycles. The van der Waals surface area contributed by atoms with Crippen molar-refractivity contribution in [2.75, 3.05) is 17.1 Å². The van der Waals surface area contributed by atoms with Gasteiger partial charge >= 0.3 is 0 Å². The average Bonchev–Trinajstić information content (AvgIpc) is 2.56. The van der Waals surface area contributed by atoms with Crippen LogP contribution < -0.4 is 9.62 Å². The van der Waals surface area contributed by atoms with Gasteiger partial charge in [0.1, 0.15) is 6.04 Å². The fourth-order valence-electron chi connectivity index (χ4n) is 3.02. The van der Waals surface area contributed by atoms with Gasteiger partial charge in [0.2, 0.25) is 15.9 Å². The molecule has 0 saturated carbocycles. The van der Waals surface area contributed by atoms with Gasteiger partial charge in [0, 0.05) is 11.6 Å². The van der Waals surface area contributed by atoms with Crippen molar-refractivity contribution in [1.82, 2.24) is 5.32 Å². The average molecular weight is 385 g/mol. The first-order valence-electron chi connectivity index (χ1n) is 8.49.